The highest BCUT2D eigenvalue weighted by Crippen LogP contribution is 2.19. The van der Waals surface area contributed by atoms with E-state index in [2.05, 4.69) is 16.0 Å². The van der Waals surface area contributed by atoms with Crippen LogP contribution in [0.1, 0.15) is 36.0 Å². The summed E-state index contributed by atoms with van der Waals surface area (Å²) in [5.74, 6) is -2.39. The second-order valence-electron chi connectivity index (χ2n) is 13.2. The van der Waals surface area contributed by atoms with Crippen LogP contribution in [0.5, 0.6) is 0 Å². The van der Waals surface area contributed by atoms with Gasteiger partial charge in [-0.2, -0.15) is 0 Å². The Hall–Kier alpha value is -5.78. The summed E-state index contributed by atoms with van der Waals surface area (Å²) in [5.41, 5.74) is 26.4. The van der Waals surface area contributed by atoms with Gasteiger partial charge in [0.05, 0.1) is 6.04 Å². The summed E-state index contributed by atoms with van der Waals surface area (Å²) in [6.45, 7) is 0.482. The van der Waals surface area contributed by atoms with E-state index < -0.39 is 47.8 Å². The van der Waals surface area contributed by atoms with Gasteiger partial charge >= 0.3 is 0 Å². The molecule has 0 aromatic heterocycles. The number of hydrogen-bond acceptors (Lipinski definition) is 7. The van der Waals surface area contributed by atoms with Gasteiger partial charge in [0.25, 0.3) is 0 Å². The molecule has 0 aliphatic heterocycles. The molecule has 5 aromatic carbocycles. The minimum absolute atomic E-state index is 0.102. The highest BCUT2D eigenvalue weighted by atomic mass is 16.2. The number of hydrogen-bond donors (Lipinski definition) is 7. The van der Waals surface area contributed by atoms with Gasteiger partial charge in [-0.1, -0.05) is 103 Å². The zero-order valence-corrected chi connectivity index (χ0v) is 29.1. The van der Waals surface area contributed by atoms with Crippen molar-refractivity contribution in [3.05, 3.63) is 126 Å². The molecular weight excluding hydrogens is 654 g/mol. The molecule has 0 radical (unpaired) electrons. The molecule has 0 fully saturated rings. The van der Waals surface area contributed by atoms with Gasteiger partial charge in [0.2, 0.25) is 23.6 Å². The molecule has 0 bridgehead atoms. The maximum atomic E-state index is 14.1. The average Bonchev–Trinajstić information content (AvgIpc) is 3.14. The monoisotopic (exact) mass is 701 g/mol. The van der Waals surface area contributed by atoms with Crippen LogP contribution in [-0.2, 0) is 38.4 Å². The van der Waals surface area contributed by atoms with Crippen molar-refractivity contribution < 1.29 is 19.2 Å². The zero-order valence-electron chi connectivity index (χ0n) is 29.1. The van der Waals surface area contributed by atoms with Crippen LogP contribution in [0, 0.1) is 0 Å². The van der Waals surface area contributed by atoms with Crippen molar-refractivity contribution in [3.63, 3.8) is 0 Å². The number of nitrogens with two attached hydrogens (primary N) is 4. The van der Waals surface area contributed by atoms with Crippen molar-refractivity contribution >= 4 is 50.9 Å². The second-order valence-corrected chi connectivity index (χ2v) is 13.2. The second kappa shape index (κ2) is 17.9. The Kier molecular flexibility index (Phi) is 12.9. The van der Waals surface area contributed by atoms with E-state index in [1.54, 1.807) is 24.3 Å². The van der Waals surface area contributed by atoms with E-state index in [1.165, 1.54) is 0 Å². The van der Waals surface area contributed by atoms with Crippen LogP contribution in [0.15, 0.2) is 109 Å². The van der Waals surface area contributed by atoms with E-state index in [0.717, 1.165) is 44.7 Å². The van der Waals surface area contributed by atoms with Crippen LogP contribution < -0.4 is 38.9 Å². The Labute approximate surface area is 303 Å². The predicted octanol–water partition coefficient (Wildman–Crippen LogP) is 3.00. The molecule has 270 valence electrons. The number of anilines is 1. The standard InChI is InChI=1S/C41H47N7O4/c42-20-6-5-11-34(44)39(50)47-36(23-26-14-18-33(43)19-15-26)41(52)48-37(25-28-13-17-30-8-2-4-10-32(30)22-28)40(51)46-35(38(45)49)24-27-12-16-29-7-1-3-9-31(29)21-27/h1-4,7-10,12-19,21-22,34-37H,5-6,11,20,23-25,42-44H2,(H2,45,49)(H,46,51)(H,47,50)(H,48,52). The summed E-state index contributed by atoms with van der Waals surface area (Å²) in [4.78, 5) is 54.1. The lowest BCUT2D eigenvalue weighted by Gasteiger charge is -2.26. The van der Waals surface area contributed by atoms with Crippen LogP contribution in [0.3, 0.4) is 0 Å². The Balaban J connectivity index is 1.40. The van der Waals surface area contributed by atoms with Crippen LogP contribution in [-0.4, -0.2) is 54.3 Å². The number of nitrogens with one attached hydrogen (secondary N) is 3. The first-order valence-corrected chi connectivity index (χ1v) is 17.6. The molecule has 0 aliphatic carbocycles. The van der Waals surface area contributed by atoms with Gasteiger partial charge in [0.1, 0.15) is 18.1 Å². The molecule has 4 amide bonds. The van der Waals surface area contributed by atoms with Crippen LogP contribution >= 0.6 is 0 Å². The number of unbranched alkanes of at least 4 members (excludes halogenated alkanes) is 1. The number of primary amides is 1. The van der Waals surface area contributed by atoms with Crippen molar-refractivity contribution in [1.29, 1.82) is 0 Å². The number of benzene rings is 5. The molecule has 0 aliphatic rings. The predicted molar refractivity (Wildman–Crippen MR) is 206 cm³/mol. The van der Waals surface area contributed by atoms with E-state index in [0.29, 0.717) is 25.1 Å². The van der Waals surface area contributed by atoms with E-state index in [1.807, 2.05) is 84.9 Å². The summed E-state index contributed by atoms with van der Waals surface area (Å²) >= 11 is 0. The molecule has 52 heavy (non-hydrogen) atoms. The normalized spacial score (nSPS) is 13.5. The first-order valence-electron chi connectivity index (χ1n) is 17.6. The van der Waals surface area contributed by atoms with E-state index in [9.17, 15) is 19.2 Å². The summed E-state index contributed by atoms with van der Waals surface area (Å²) in [6, 6.07) is 30.1. The number of nitrogen functional groups attached to an aromatic ring is 1. The van der Waals surface area contributed by atoms with Gasteiger partial charge in [-0.05, 0) is 69.8 Å². The molecule has 0 spiro atoms. The van der Waals surface area contributed by atoms with Crippen molar-refractivity contribution in [3.8, 4) is 0 Å². The number of fused-ring (bicyclic) bond motifs is 2. The Morgan fingerprint density at radius 3 is 1.50 bits per heavy atom. The maximum absolute atomic E-state index is 14.1. The van der Waals surface area contributed by atoms with Gasteiger partial charge in [0, 0.05) is 24.9 Å². The summed E-state index contributed by atoms with van der Waals surface area (Å²) in [7, 11) is 0. The fourth-order valence-electron chi connectivity index (χ4n) is 6.20. The van der Waals surface area contributed by atoms with E-state index in [-0.39, 0.29) is 19.3 Å². The molecule has 4 atom stereocenters. The fourth-order valence-corrected chi connectivity index (χ4v) is 6.20. The molecule has 11 N–H and O–H groups in total. The number of carbonyl (C=O) groups is 4. The van der Waals surface area contributed by atoms with Crippen LogP contribution in [0.4, 0.5) is 5.69 Å². The fraction of sp³-hybridized carbons (Fsp3) is 0.268. The first kappa shape index (κ1) is 37.5. The molecule has 0 saturated heterocycles. The maximum Gasteiger partial charge on any atom is 0.243 e. The molecule has 0 saturated carbocycles. The highest BCUT2D eigenvalue weighted by Gasteiger charge is 2.30. The summed E-state index contributed by atoms with van der Waals surface area (Å²) in [6.07, 6.45) is 2.15. The molecule has 11 heteroatoms. The molecular formula is C41H47N7O4. The lowest BCUT2D eigenvalue weighted by molar-refractivity contribution is -0.133. The third kappa shape index (κ3) is 10.4. The quantitative estimate of drug-likeness (QED) is 0.0569. The molecule has 11 nitrogen and oxygen atoms in total. The lowest BCUT2D eigenvalue weighted by atomic mass is 9.98. The highest BCUT2D eigenvalue weighted by molar-refractivity contribution is 5.95. The van der Waals surface area contributed by atoms with Crippen molar-refractivity contribution in [2.24, 2.45) is 17.2 Å². The van der Waals surface area contributed by atoms with Gasteiger partial charge in [0.15, 0.2) is 0 Å². The number of amides is 4. The lowest BCUT2D eigenvalue weighted by Crippen LogP contribution is -2.58. The van der Waals surface area contributed by atoms with Crippen molar-refractivity contribution in [2.75, 3.05) is 12.3 Å². The first-order chi connectivity index (χ1) is 25.1. The molecule has 5 rings (SSSR count). The minimum atomic E-state index is -1.13. The van der Waals surface area contributed by atoms with Crippen LogP contribution in [0.25, 0.3) is 21.5 Å². The summed E-state index contributed by atoms with van der Waals surface area (Å²) < 4.78 is 0. The number of carbonyl (C=O) groups excluding carboxylic acids is 4. The zero-order chi connectivity index (χ0) is 37.0. The molecule has 5 aromatic rings. The Morgan fingerprint density at radius 1 is 0.538 bits per heavy atom. The third-order valence-electron chi connectivity index (χ3n) is 9.16. The molecule has 0 heterocycles. The average molecular weight is 702 g/mol. The largest absolute Gasteiger partial charge is 0.399 e. The minimum Gasteiger partial charge on any atom is -0.399 e. The van der Waals surface area contributed by atoms with Crippen molar-refractivity contribution in [2.45, 2.75) is 62.7 Å². The molecule has 4 unspecified atom stereocenters. The van der Waals surface area contributed by atoms with Gasteiger partial charge in [-0.25, -0.2) is 0 Å². The summed E-state index contributed by atoms with van der Waals surface area (Å²) in [5, 5.41) is 12.5. The third-order valence-corrected chi connectivity index (χ3v) is 9.16. The van der Waals surface area contributed by atoms with Crippen molar-refractivity contribution in [1.82, 2.24) is 16.0 Å². The van der Waals surface area contributed by atoms with E-state index >= 15 is 0 Å². The topological polar surface area (TPSA) is 208 Å². The smallest absolute Gasteiger partial charge is 0.243 e. The van der Waals surface area contributed by atoms with E-state index in [4.69, 9.17) is 22.9 Å². The Morgan fingerprint density at radius 2 is 0.981 bits per heavy atom. The Bertz CT molecular complexity index is 2020. The van der Waals surface area contributed by atoms with Gasteiger partial charge < -0.3 is 38.9 Å². The van der Waals surface area contributed by atoms with Gasteiger partial charge in [-0.15, -0.1) is 0 Å². The SMILES string of the molecule is NCCCCC(N)C(=O)NC(Cc1ccc(N)cc1)C(=O)NC(Cc1ccc2ccccc2c1)C(=O)NC(Cc1ccc2ccccc2c1)C(N)=O. The van der Waals surface area contributed by atoms with Gasteiger partial charge in [-0.3, -0.25) is 19.2 Å². The van der Waals surface area contributed by atoms with Crippen LogP contribution in [0.2, 0.25) is 0 Å². The number of rotatable bonds is 17.